The number of nitrogens with one attached hydrogen (secondary N) is 1. The Labute approximate surface area is 134 Å². The van der Waals surface area contributed by atoms with Crippen LogP contribution in [0.15, 0.2) is 16.7 Å². The number of hydrogen-bond acceptors (Lipinski definition) is 6. The Bertz CT molecular complexity index is 630. The molecule has 1 atom stereocenters. The lowest BCUT2D eigenvalue weighted by molar-refractivity contribution is 0.361. The number of ether oxygens (including phenoxy) is 2. The highest BCUT2D eigenvalue weighted by atomic mass is 35.5. The number of rotatable bonds is 7. The van der Waals surface area contributed by atoms with Gasteiger partial charge in [0.2, 0.25) is 5.89 Å². The summed E-state index contributed by atoms with van der Waals surface area (Å²) < 4.78 is 15.8. The van der Waals surface area contributed by atoms with Crippen LogP contribution >= 0.6 is 11.6 Å². The smallest absolute Gasteiger partial charge is 0.248 e. The first-order chi connectivity index (χ1) is 10.6. The summed E-state index contributed by atoms with van der Waals surface area (Å²) in [4.78, 5) is 4.37. The van der Waals surface area contributed by atoms with Crippen molar-refractivity contribution in [3.63, 3.8) is 0 Å². The maximum Gasteiger partial charge on any atom is 0.248 e. The van der Waals surface area contributed by atoms with Crippen molar-refractivity contribution in [3.05, 3.63) is 28.9 Å². The van der Waals surface area contributed by atoms with Crippen molar-refractivity contribution in [1.29, 1.82) is 0 Å². The normalized spacial score (nSPS) is 12.0. The zero-order chi connectivity index (χ0) is 16.1. The molecular formula is C15H20ClN3O3. The van der Waals surface area contributed by atoms with Gasteiger partial charge in [0.05, 0.1) is 24.9 Å². The third kappa shape index (κ3) is 3.62. The van der Waals surface area contributed by atoms with Crippen LogP contribution in [0.2, 0.25) is 5.02 Å². The van der Waals surface area contributed by atoms with Gasteiger partial charge in [-0.15, -0.1) is 0 Å². The molecule has 7 heteroatoms. The molecule has 0 fully saturated rings. The highest BCUT2D eigenvalue weighted by molar-refractivity contribution is 6.32. The molecule has 1 aromatic carbocycles. The molecule has 2 rings (SSSR count). The second-order valence-electron chi connectivity index (χ2n) is 4.85. The third-order valence-corrected chi connectivity index (χ3v) is 3.47. The average Bonchev–Trinajstić information content (AvgIpc) is 2.97. The molecule has 2 aromatic rings. The summed E-state index contributed by atoms with van der Waals surface area (Å²) >= 11 is 6.16. The molecule has 0 aliphatic rings. The van der Waals surface area contributed by atoms with Crippen molar-refractivity contribution in [2.24, 2.45) is 0 Å². The second kappa shape index (κ2) is 7.35. The van der Waals surface area contributed by atoms with E-state index in [9.17, 15) is 0 Å². The molecule has 0 spiro atoms. The van der Waals surface area contributed by atoms with Gasteiger partial charge in [0.25, 0.3) is 0 Å². The summed E-state index contributed by atoms with van der Waals surface area (Å²) in [6, 6.07) is 3.31. The molecule has 0 amide bonds. The highest BCUT2D eigenvalue weighted by Crippen LogP contribution is 2.37. The molecule has 1 N–H and O–H groups in total. The summed E-state index contributed by atoms with van der Waals surface area (Å²) in [5, 5.41) is 7.71. The SMILES string of the molecule is CCCc1noc(C(C)Nc2cc(Cl)c(OC)cc2OC)n1. The first-order valence-electron chi connectivity index (χ1n) is 7.09. The summed E-state index contributed by atoms with van der Waals surface area (Å²) in [6.45, 7) is 4.00. The van der Waals surface area contributed by atoms with Crippen LogP contribution in [0.25, 0.3) is 0 Å². The van der Waals surface area contributed by atoms with Gasteiger partial charge in [0.15, 0.2) is 5.82 Å². The Morgan fingerprint density at radius 3 is 2.64 bits per heavy atom. The summed E-state index contributed by atoms with van der Waals surface area (Å²) in [7, 11) is 3.15. The van der Waals surface area contributed by atoms with Gasteiger partial charge >= 0.3 is 0 Å². The van der Waals surface area contributed by atoms with Gasteiger partial charge in [0, 0.05) is 12.5 Å². The maximum absolute atomic E-state index is 6.16. The van der Waals surface area contributed by atoms with Crippen molar-refractivity contribution in [1.82, 2.24) is 10.1 Å². The standard InChI is InChI=1S/C15H20ClN3O3/c1-5-6-14-18-15(22-19-14)9(2)17-11-7-10(16)12(20-3)8-13(11)21-4/h7-9,17H,5-6H2,1-4H3. The van der Waals surface area contributed by atoms with Crippen LogP contribution in [0, 0.1) is 0 Å². The van der Waals surface area contributed by atoms with E-state index in [1.165, 1.54) is 0 Å². The fourth-order valence-electron chi connectivity index (χ4n) is 2.04. The average molecular weight is 326 g/mol. The molecule has 1 heterocycles. The number of halogens is 1. The lowest BCUT2D eigenvalue weighted by Crippen LogP contribution is -2.08. The van der Waals surface area contributed by atoms with Crippen LogP contribution in [0.4, 0.5) is 5.69 Å². The van der Waals surface area contributed by atoms with Gasteiger partial charge < -0.3 is 19.3 Å². The minimum atomic E-state index is -0.170. The number of hydrogen-bond donors (Lipinski definition) is 1. The van der Waals surface area contributed by atoms with Crippen molar-refractivity contribution in [2.45, 2.75) is 32.7 Å². The Kier molecular flexibility index (Phi) is 5.49. The van der Waals surface area contributed by atoms with E-state index in [0.717, 1.165) is 18.5 Å². The third-order valence-electron chi connectivity index (χ3n) is 3.17. The molecule has 0 bridgehead atoms. The second-order valence-corrected chi connectivity index (χ2v) is 5.26. The van der Waals surface area contributed by atoms with Crippen molar-refractivity contribution in [2.75, 3.05) is 19.5 Å². The largest absolute Gasteiger partial charge is 0.495 e. The van der Waals surface area contributed by atoms with Crippen LogP contribution in [-0.2, 0) is 6.42 Å². The van der Waals surface area contributed by atoms with E-state index >= 15 is 0 Å². The number of aryl methyl sites for hydroxylation is 1. The molecule has 0 aliphatic heterocycles. The van der Waals surface area contributed by atoms with Crippen LogP contribution in [0.1, 0.15) is 38.0 Å². The predicted octanol–water partition coefficient (Wildman–Crippen LogP) is 3.87. The lowest BCUT2D eigenvalue weighted by Gasteiger charge is -2.16. The van der Waals surface area contributed by atoms with Gasteiger partial charge in [-0.05, 0) is 19.4 Å². The molecule has 0 saturated carbocycles. The van der Waals surface area contributed by atoms with Gasteiger partial charge in [-0.2, -0.15) is 4.98 Å². The Hall–Kier alpha value is -1.95. The maximum atomic E-state index is 6.16. The minimum absolute atomic E-state index is 0.170. The topological polar surface area (TPSA) is 69.4 Å². The minimum Gasteiger partial charge on any atom is -0.495 e. The number of anilines is 1. The molecular weight excluding hydrogens is 306 g/mol. The summed E-state index contributed by atoms with van der Waals surface area (Å²) in [5.74, 6) is 2.42. The zero-order valence-electron chi connectivity index (χ0n) is 13.1. The van der Waals surface area contributed by atoms with E-state index in [1.54, 1.807) is 26.4 Å². The van der Waals surface area contributed by atoms with E-state index < -0.39 is 0 Å². The van der Waals surface area contributed by atoms with Crippen molar-refractivity contribution < 1.29 is 14.0 Å². The van der Waals surface area contributed by atoms with Gasteiger partial charge in [0.1, 0.15) is 17.5 Å². The van der Waals surface area contributed by atoms with Crippen LogP contribution in [0.3, 0.4) is 0 Å². The number of benzene rings is 1. The van der Waals surface area contributed by atoms with Crippen LogP contribution in [0.5, 0.6) is 11.5 Å². The number of methoxy groups -OCH3 is 2. The van der Waals surface area contributed by atoms with E-state index in [2.05, 4.69) is 22.4 Å². The van der Waals surface area contributed by atoms with Crippen LogP contribution < -0.4 is 14.8 Å². The van der Waals surface area contributed by atoms with E-state index in [4.69, 9.17) is 25.6 Å². The first-order valence-corrected chi connectivity index (χ1v) is 7.47. The van der Waals surface area contributed by atoms with E-state index in [0.29, 0.717) is 28.2 Å². The number of nitrogens with zero attached hydrogens (tertiary/aromatic N) is 2. The van der Waals surface area contributed by atoms with Crippen molar-refractivity contribution in [3.8, 4) is 11.5 Å². The lowest BCUT2D eigenvalue weighted by atomic mass is 10.2. The fraction of sp³-hybridized carbons (Fsp3) is 0.467. The molecule has 6 nitrogen and oxygen atoms in total. The first kappa shape index (κ1) is 16.4. The Morgan fingerprint density at radius 2 is 2.00 bits per heavy atom. The Morgan fingerprint density at radius 1 is 1.27 bits per heavy atom. The molecule has 0 aliphatic carbocycles. The van der Waals surface area contributed by atoms with Gasteiger partial charge in [-0.3, -0.25) is 0 Å². The molecule has 22 heavy (non-hydrogen) atoms. The summed E-state index contributed by atoms with van der Waals surface area (Å²) in [5.41, 5.74) is 0.732. The molecule has 0 saturated heterocycles. The van der Waals surface area contributed by atoms with Crippen LogP contribution in [-0.4, -0.2) is 24.4 Å². The van der Waals surface area contributed by atoms with Gasteiger partial charge in [-0.1, -0.05) is 23.7 Å². The van der Waals surface area contributed by atoms with Crippen molar-refractivity contribution >= 4 is 17.3 Å². The number of aromatic nitrogens is 2. The molecule has 1 aromatic heterocycles. The molecule has 0 radical (unpaired) electrons. The summed E-state index contributed by atoms with van der Waals surface area (Å²) in [6.07, 6.45) is 1.77. The zero-order valence-corrected chi connectivity index (χ0v) is 13.9. The van der Waals surface area contributed by atoms with E-state index in [1.807, 2.05) is 6.92 Å². The predicted molar refractivity (Wildman–Crippen MR) is 84.9 cm³/mol. The molecule has 120 valence electrons. The Balaban J connectivity index is 2.19. The fourth-order valence-corrected chi connectivity index (χ4v) is 2.28. The quantitative estimate of drug-likeness (QED) is 0.833. The van der Waals surface area contributed by atoms with E-state index in [-0.39, 0.29) is 6.04 Å². The molecule has 1 unspecified atom stereocenters. The highest BCUT2D eigenvalue weighted by Gasteiger charge is 2.17. The monoisotopic (exact) mass is 325 g/mol. The van der Waals surface area contributed by atoms with Gasteiger partial charge in [-0.25, -0.2) is 0 Å².